The molecule has 1 saturated heterocycles. The van der Waals surface area contributed by atoms with Crippen molar-refractivity contribution in [2.75, 3.05) is 23.3 Å². The number of anilines is 2. The largest absolute Gasteiger partial charge is 0.463 e. The van der Waals surface area contributed by atoms with E-state index in [0.29, 0.717) is 22.5 Å². The summed E-state index contributed by atoms with van der Waals surface area (Å²) in [6, 6.07) is 17.9. The summed E-state index contributed by atoms with van der Waals surface area (Å²) in [4.78, 5) is 19.2. The average molecular weight is 446 g/mol. The molecule has 3 aromatic heterocycles. The molecule has 1 amide bonds. The van der Waals surface area contributed by atoms with E-state index in [4.69, 9.17) is 4.42 Å². The van der Waals surface area contributed by atoms with Crippen LogP contribution in [0.3, 0.4) is 0 Å². The van der Waals surface area contributed by atoms with Gasteiger partial charge >= 0.3 is 0 Å². The fraction of sp³-hybridized carbons (Fsp3) is 0.250. The van der Waals surface area contributed by atoms with Crippen LogP contribution >= 0.6 is 11.3 Å². The number of hydrogen-bond donors (Lipinski definition) is 1. The number of carbonyl (C=O) groups excluding carboxylic acids is 1. The van der Waals surface area contributed by atoms with Crippen molar-refractivity contribution in [3.8, 4) is 11.5 Å². The van der Waals surface area contributed by atoms with Gasteiger partial charge in [0.2, 0.25) is 0 Å². The van der Waals surface area contributed by atoms with Gasteiger partial charge in [-0.15, -0.1) is 21.5 Å². The molecule has 0 saturated carbocycles. The van der Waals surface area contributed by atoms with Crippen molar-refractivity contribution in [1.82, 2.24) is 15.2 Å². The maximum absolute atomic E-state index is 12.5. The van der Waals surface area contributed by atoms with Crippen LogP contribution in [-0.2, 0) is 6.42 Å². The van der Waals surface area contributed by atoms with Gasteiger partial charge in [0, 0.05) is 18.5 Å². The molecule has 1 aromatic carbocycles. The highest BCUT2D eigenvalue weighted by Gasteiger charge is 2.21. The van der Waals surface area contributed by atoms with Gasteiger partial charge in [0.15, 0.2) is 22.4 Å². The summed E-state index contributed by atoms with van der Waals surface area (Å²) in [5.41, 5.74) is 2.35. The zero-order valence-corrected chi connectivity index (χ0v) is 18.3. The summed E-state index contributed by atoms with van der Waals surface area (Å²) < 4.78 is 5.33. The molecule has 1 aliphatic heterocycles. The van der Waals surface area contributed by atoms with Crippen LogP contribution in [0.1, 0.15) is 28.9 Å². The summed E-state index contributed by atoms with van der Waals surface area (Å²) in [6.45, 7) is 1.90. The minimum absolute atomic E-state index is 0.266. The third-order valence-corrected chi connectivity index (χ3v) is 6.44. The first-order chi connectivity index (χ1) is 15.7. The SMILES string of the molecule is O=C(Nc1nc(-c2ccco2)cs1)c1ccc(N2CCC(Cc3ccccc3)CC2)nn1. The monoisotopic (exact) mass is 445 g/mol. The molecule has 162 valence electrons. The van der Waals surface area contributed by atoms with E-state index in [1.165, 1.54) is 16.9 Å². The highest BCUT2D eigenvalue weighted by Crippen LogP contribution is 2.26. The molecule has 7 nitrogen and oxygen atoms in total. The smallest absolute Gasteiger partial charge is 0.277 e. The van der Waals surface area contributed by atoms with Crippen molar-refractivity contribution in [3.05, 3.63) is 77.5 Å². The van der Waals surface area contributed by atoms with Crippen molar-refractivity contribution in [2.45, 2.75) is 19.3 Å². The lowest BCUT2D eigenvalue weighted by molar-refractivity contribution is 0.102. The molecule has 8 heteroatoms. The van der Waals surface area contributed by atoms with Gasteiger partial charge in [-0.1, -0.05) is 30.3 Å². The molecule has 4 heterocycles. The number of nitrogens with zero attached hydrogens (tertiary/aromatic N) is 4. The highest BCUT2D eigenvalue weighted by atomic mass is 32.1. The van der Waals surface area contributed by atoms with E-state index < -0.39 is 0 Å². The van der Waals surface area contributed by atoms with Crippen molar-refractivity contribution in [1.29, 1.82) is 0 Å². The minimum atomic E-state index is -0.328. The number of furan rings is 1. The summed E-state index contributed by atoms with van der Waals surface area (Å²) in [5.74, 6) is 1.84. The predicted molar refractivity (Wildman–Crippen MR) is 125 cm³/mol. The second kappa shape index (κ2) is 9.32. The number of piperidine rings is 1. The third kappa shape index (κ3) is 4.70. The van der Waals surface area contributed by atoms with Crippen LogP contribution in [-0.4, -0.2) is 34.2 Å². The Morgan fingerprint density at radius 1 is 1.06 bits per heavy atom. The van der Waals surface area contributed by atoms with Crippen LogP contribution in [0.2, 0.25) is 0 Å². The maximum Gasteiger partial charge on any atom is 0.277 e. The second-order valence-corrected chi connectivity index (χ2v) is 8.72. The zero-order valence-electron chi connectivity index (χ0n) is 17.5. The zero-order chi connectivity index (χ0) is 21.8. The van der Waals surface area contributed by atoms with Crippen LogP contribution in [0.5, 0.6) is 0 Å². The number of rotatable bonds is 6. The highest BCUT2D eigenvalue weighted by molar-refractivity contribution is 7.14. The number of benzene rings is 1. The van der Waals surface area contributed by atoms with Crippen LogP contribution in [0.25, 0.3) is 11.5 Å². The van der Waals surface area contributed by atoms with Crippen LogP contribution in [0, 0.1) is 5.92 Å². The van der Waals surface area contributed by atoms with E-state index in [2.05, 4.69) is 55.7 Å². The van der Waals surface area contributed by atoms with E-state index >= 15 is 0 Å². The van der Waals surface area contributed by atoms with Crippen LogP contribution < -0.4 is 10.2 Å². The molecule has 0 spiro atoms. The number of thiazole rings is 1. The predicted octanol–water partition coefficient (Wildman–Crippen LogP) is 4.90. The Bertz CT molecular complexity index is 1150. The maximum atomic E-state index is 12.5. The third-order valence-electron chi connectivity index (χ3n) is 5.69. The average Bonchev–Trinajstić information content (AvgIpc) is 3.53. The number of amides is 1. The van der Waals surface area contributed by atoms with E-state index in [1.807, 2.05) is 17.5 Å². The van der Waals surface area contributed by atoms with E-state index in [9.17, 15) is 4.79 Å². The van der Waals surface area contributed by atoms with E-state index in [1.54, 1.807) is 18.4 Å². The van der Waals surface area contributed by atoms with Gasteiger partial charge in [0.1, 0.15) is 5.69 Å². The molecule has 4 aromatic rings. The Morgan fingerprint density at radius 3 is 2.62 bits per heavy atom. The van der Waals surface area contributed by atoms with E-state index in [-0.39, 0.29) is 11.6 Å². The molecular weight excluding hydrogens is 422 g/mol. The quantitative estimate of drug-likeness (QED) is 0.454. The molecule has 1 N–H and O–H groups in total. The fourth-order valence-corrected chi connectivity index (χ4v) is 4.65. The molecule has 1 aliphatic rings. The Morgan fingerprint density at radius 2 is 1.91 bits per heavy atom. The van der Waals surface area contributed by atoms with Crippen molar-refractivity contribution < 1.29 is 9.21 Å². The number of nitrogens with one attached hydrogen (secondary N) is 1. The van der Waals surface area contributed by atoms with Gasteiger partial charge in [0.25, 0.3) is 5.91 Å². The molecule has 0 radical (unpaired) electrons. The van der Waals surface area contributed by atoms with Gasteiger partial charge in [0.05, 0.1) is 6.26 Å². The topological polar surface area (TPSA) is 84.2 Å². The molecule has 1 fully saturated rings. The molecule has 0 bridgehead atoms. The Kier molecular flexibility index (Phi) is 5.93. The number of hydrogen-bond acceptors (Lipinski definition) is 7. The van der Waals surface area contributed by atoms with Crippen molar-refractivity contribution in [2.24, 2.45) is 5.92 Å². The van der Waals surface area contributed by atoms with Crippen molar-refractivity contribution in [3.63, 3.8) is 0 Å². The Labute approximate surface area is 190 Å². The fourth-order valence-electron chi connectivity index (χ4n) is 3.96. The number of carbonyl (C=O) groups is 1. The lowest BCUT2D eigenvalue weighted by atomic mass is 9.90. The summed E-state index contributed by atoms with van der Waals surface area (Å²) in [7, 11) is 0. The van der Waals surface area contributed by atoms with Crippen molar-refractivity contribution >= 4 is 28.2 Å². The van der Waals surface area contributed by atoms with Gasteiger partial charge in [-0.05, 0) is 55.0 Å². The van der Waals surface area contributed by atoms with E-state index in [0.717, 1.165) is 38.2 Å². The first-order valence-electron chi connectivity index (χ1n) is 10.7. The van der Waals surface area contributed by atoms with Gasteiger partial charge in [-0.2, -0.15) is 0 Å². The normalized spacial score (nSPS) is 14.4. The second-order valence-electron chi connectivity index (χ2n) is 7.87. The lowest BCUT2D eigenvalue weighted by Crippen LogP contribution is -2.35. The molecule has 0 unspecified atom stereocenters. The molecule has 0 aliphatic carbocycles. The van der Waals surface area contributed by atoms with Gasteiger partial charge in [-0.3, -0.25) is 10.1 Å². The number of aromatic nitrogens is 3. The lowest BCUT2D eigenvalue weighted by Gasteiger charge is -2.32. The standard InChI is InChI=1S/C24H23N5O2S/c30-23(26-24-25-20(16-32-24)21-7-4-14-31-21)19-8-9-22(28-27-19)29-12-10-18(11-13-29)15-17-5-2-1-3-6-17/h1-9,14,16,18H,10-13,15H2,(H,25,26,30). The summed E-state index contributed by atoms with van der Waals surface area (Å²) >= 11 is 1.34. The Hall–Kier alpha value is -3.52. The molecule has 32 heavy (non-hydrogen) atoms. The first kappa shape index (κ1) is 20.4. The molecule has 0 atom stereocenters. The first-order valence-corrected chi connectivity index (χ1v) is 11.6. The van der Waals surface area contributed by atoms with Crippen LogP contribution in [0.15, 0.2) is 70.7 Å². The Balaban J connectivity index is 1.15. The van der Waals surface area contributed by atoms with Gasteiger partial charge < -0.3 is 9.32 Å². The molecule has 5 rings (SSSR count). The van der Waals surface area contributed by atoms with Crippen LogP contribution in [0.4, 0.5) is 10.9 Å². The summed E-state index contributed by atoms with van der Waals surface area (Å²) in [5, 5.41) is 13.6. The van der Waals surface area contributed by atoms with Gasteiger partial charge in [-0.25, -0.2) is 4.98 Å². The molecular formula is C24H23N5O2S. The minimum Gasteiger partial charge on any atom is -0.463 e. The summed E-state index contributed by atoms with van der Waals surface area (Å²) in [6.07, 6.45) is 4.97.